The van der Waals surface area contributed by atoms with Gasteiger partial charge in [0, 0.05) is 17.7 Å². The number of amides is 1. The van der Waals surface area contributed by atoms with Crippen LogP contribution in [0.3, 0.4) is 0 Å². The lowest BCUT2D eigenvalue weighted by molar-refractivity contribution is -0.385. The number of anilines is 3. The maximum atomic E-state index is 12.6. The highest BCUT2D eigenvalue weighted by atomic mass is 35.5. The van der Waals surface area contributed by atoms with E-state index >= 15 is 0 Å². The van der Waals surface area contributed by atoms with Crippen LogP contribution in [0.25, 0.3) is 0 Å². The highest BCUT2D eigenvalue weighted by Gasteiger charge is 2.22. The first-order valence-corrected chi connectivity index (χ1v) is 9.41. The number of carbonyl (C=O) groups excluding carboxylic acids is 1. The smallest absolute Gasteiger partial charge is 0.289 e. The van der Waals surface area contributed by atoms with E-state index in [4.69, 9.17) is 16.3 Å². The number of hydrogen-bond acceptors (Lipinski definition) is 6. The molecule has 0 radical (unpaired) electrons. The fourth-order valence-electron chi connectivity index (χ4n) is 3.24. The average molecular weight is 405 g/mol. The van der Waals surface area contributed by atoms with Crippen molar-refractivity contribution >= 4 is 40.4 Å². The monoisotopic (exact) mass is 404 g/mol. The lowest BCUT2D eigenvalue weighted by Crippen LogP contribution is -2.25. The van der Waals surface area contributed by atoms with E-state index in [0.717, 1.165) is 31.9 Å². The van der Waals surface area contributed by atoms with E-state index in [-0.39, 0.29) is 28.4 Å². The summed E-state index contributed by atoms with van der Waals surface area (Å²) in [5.41, 5.74) is 0.967. The molecule has 2 N–H and O–H groups in total. The van der Waals surface area contributed by atoms with Crippen LogP contribution in [0.2, 0.25) is 5.02 Å². The quantitative estimate of drug-likeness (QED) is 0.523. The van der Waals surface area contributed by atoms with E-state index in [0.29, 0.717) is 17.1 Å². The summed E-state index contributed by atoms with van der Waals surface area (Å²) in [5.74, 6) is 0.821. The Morgan fingerprint density at radius 2 is 2.04 bits per heavy atom. The molecule has 1 amide bonds. The van der Waals surface area contributed by atoms with Crippen LogP contribution < -0.4 is 15.4 Å². The van der Waals surface area contributed by atoms with Crippen molar-refractivity contribution in [2.24, 2.45) is 5.92 Å². The van der Waals surface area contributed by atoms with Gasteiger partial charge in [0.1, 0.15) is 17.8 Å². The molecule has 0 bridgehead atoms. The number of benzene rings is 1. The van der Waals surface area contributed by atoms with Gasteiger partial charge in [-0.1, -0.05) is 30.9 Å². The summed E-state index contributed by atoms with van der Waals surface area (Å²) >= 11 is 6.08. The number of carbonyl (C=O) groups is 1. The third kappa shape index (κ3) is 4.69. The van der Waals surface area contributed by atoms with Gasteiger partial charge >= 0.3 is 0 Å². The summed E-state index contributed by atoms with van der Waals surface area (Å²) < 4.78 is 5.35. The second-order valence-electron chi connectivity index (χ2n) is 6.65. The molecule has 1 saturated carbocycles. The molecular weight excluding hydrogens is 384 g/mol. The molecule has 9 heteroatoms. The zero-order chi connectivity index (χ0) is 20.1. The summed E-state index contributed by atoms with van der Waals surface area (Å²) in [4.78, 5) is 26.8. The average Bonchev–Trinajstić information content (AvgIpc) is 2.70. The van der Waals surface area contributed by atoms with Crippen molar-refractivity contribution in [3.8, 4) is 5.75 Å². The van der Waals surface area contributed by atoms with Crippen LogP contribution in [0.1, 0.15) is 32.1 Å². The van der Waals surface area contributed by atoms with Crippen LogP contribution in [0.5, 0.6) is 5.75 Å². The second kappa shape index (κ2) is 8.88. The normalized spacial score (nSPS) is 14.4. The Kier molecular flexibility index (Phi) is 6.30. The van der Waals surface area contributed by atoms with Crippen molar-refractivity contribution in [3.05, 3.63) is 45.6 Å². The van der Waals surface area contributed by atoms with E-state index in [9.17, 15) is 14.9 Å². The van der Waals surface area contributed by atoms with Crippen molar-refractivity contribution < 1.29 is 14.5 Å². The number of nitrogens with one attached hydrogen (secondary N) is 2. The van der Waals surface area contributed by atoms with Gasteiger partial charge in [0.05, 0.1) is 22.7 Å². The van der Waals surface area contributed by atoms with Gasteiger partial charge in [-0.3, -0.25) is 14.9 Å². The Balaban J connectivity index is 1.78. The van der Waals surface area contributed by atoms with Gasteiger partial charge in [-0.25, -0.2) is 4.98 Å². The fourth-order valence-corrected chi connectivity index (χ4v) is 3.45. The molecule has 1 aromatic heterocycles. The summed E-state index contributed by atoms with van der Waals surface area (Å²) in [7, 11) is 1.54. The van der Waals surface area contributed by atoms with Crippen LogP contribution in [-0.4, -0.2) is 22.9 Å². The summed E-state index contributed by atoms with van der Waals surface area (Å²) in [6, 6.07) is 6.41. The van der Waals surface area contributed by atoms with Gasteiger partial charge in [0.2, 0.25) is 5.91 Å². The minimum Gasteiger partial charge on any atom is -0.495 e. The summed E-state index contributed by atoms with van der Waals surface area (Å²) in [6.45, 7) is 0. The third-order valence-electron chi connectivity index (χ3n) is 4.73. The van der Waals surface area contributed by atoms with Crippen molar-refractivity contribution in [3.63, 3.8) is 0 Å². The molecule has 1 aliphatic rings. The van der Waals surface area contributed by atoms with Crippen LogP contribution >= 0.6 is 11.6 Å². The van der Waals surface area contributed by atoms with Crippen LogP contribution in [0.4, 0.5) is 22.9 Å². The molecule has 28 heavy (non-hydrogen) atoms. The number of aromatic nitrogens is 1. The minimum atomic E-state index is -0.561. The molecular formula is C19H21ClN4O4. The number of ether oxygens (including phenoxy) is 1. The van der Waals surface area contributed by atoms with Crippen LogP contribution in [0.15, 0.2) is 30.5 Å². The molecule has 0 saturated heterocycles. The molecule has 8 nitrogen and oxygen atoms in total. The van der Waals surface area contributed by atoms with E-state index in [1.807, 2.05) is 0 Å². The van der Waals surface area contributed by atoms with Gasteiger partial charge < -0.3 is 15.4 Å². The van der Waals surface area contributed by atoms with Crippen molar-refractivity contribution in [1.29, 1.82) is 0 Å². The van der Waals surface area contributed by atoms with Crippen LogP contribution in [-0.2, 0) is 4.79 Å². The fraction of sp³-hybridized carbons (Fsp3) is 0.368. The molecule has 148 valence electrons. The van der Waals surface area contributed by atoms with Crippen molar-refractivity contribution in [1.82, 2.24) is 4.98 Å². The number of methoxy groups -OCH3 is 1. The topological polar surface area (TPSA) is 106 Å². The number of nitrogens with zero attached hydrogens (tertiary/aromatic N) is 2. The van der Waals surface area contributed by atoms with Crippen molar-refractivity contribution in [2.45, 2.75) is 32.1 Å². The molecule has 0 spiro atoms. The molecule has 0 aliphatic heterocycles. The van der Waals surface area contributed by atoms with Gasteiger partial charge in [-0.15, -0.1) is 0 Å². The first kappa shape index (κ1) is 19.9. The maximum Gasteiger partial charge on any atom is 0.289 e. The molecule has 1 heterocycles. The first-order chi connectivity index (χ1) is 13.5. The second-order valence-corrected chi connectivity index (χ2v) is 7.05. The van der Waals surface area contributed by atoms with E-state index in [2.05, 4.69) is 15.6 Å². The summed E-state index contributed by atoms with van der Waals surface area (Å²) in [6.07, 6.45) is 6.24. The molecule has 0 unspecified atom stereocenters. The zero-order valence-electron chi connectivity index (χ0n) is 15.4. The Labute approximate surface area is 167 Å². The zero-order valence-corrected chi connectivity index (χ0v) is 16.2. The molecule has 1 aliphatic carbocycles. The van der Waals surface area contributed by atoms with E-state index in [1.165, 1.54) is 19.6 Å². The first-order valence-electron chi connectivity index (χ1n) is 9.04. The standard InChI is InChI=1S/C19H21ClN4O4/c1-28-17-8-7-13(22-18-15(20)10-14(11-21-18)24(26)27)9-16(17)23-19(25)12-5-3-2-4-6-12/h7-12H,2-6H2,1H3,(H,21,22)(H,23,25). The highest BCUT2D eigenvalue weighted by molar-refractivity contribution is 6.33. The molecule has 2 aromatic rings. The SMILES string of the molecule is COc1ccc(Nc2ncc([N+](=O)[O-])cc2Cl)cc1NC(=O)C1CCCCC1. The van der Waals surface area contributed by atoms with E-state index in [1.54, 1.807) is 18.2 Å². The third-order valence-corrected chi connectivity index (χ3v) is 5.02. The Bertz CT molecular complexity index is 884. The minimum absolute atomic E-state index is 0.0124. The molecule has 1 aromatic carbocycles. The number of halogens is 1. The highest BCUT2D eigenvalue weighted by Crippen LogP contribution is 2.33. The molecule has 1 fully saturated rings. The Hall–Kier alpha value is -2.87. The van der Waals surface area contributed by atoms with Gasteiger partial charge in [0.25, 0.3) is 5.69 Å². The lowest BCUT2D eigenvalue weighted by Gasteiger charge is -2.21. The number of rotatable bonds is 6. The van der Waals surface area contributed by atoms with Gasteiger partial charge in [-0.2, -0.15) is 0 Å². The number of pyridine rings is 1. The van der Waals surface area contributed by atoms with Crippen molar-refractivity contribution in [2.75, 3.05) is 17.7 Å². The van der Waals surface area contributed by atoms with Gasteiger partial charge in [-0.05, 0) is 31.0 Å². The maximum absolute atomic E-state index is 12.6. The van der Waals surface area contributed by atoms with Crippen LogP contribution in [0, 0.1) is 16.0 Å². The predicted molar refractivity (Wildman–Crippen MR) is 107 cm³/mol. The lowest BCUT2D eigenvalue weighted by atomic mass is 9.88. The Morgan fingerprint density at radius 1 is 1.29 bits per heavy atom. The predicted octanol–water partition coefficient (Wildman–Crippen LogP) is 4.91. The Morgan fingerprint density at radius 3 is 2.68 bits per heavy atom. The number of nitro groups is 1. The largest absolute Gasteiger partial charge is 0.495 e. The molecule has 0 atom stereocenters. The summed E-state index contributed by atoms with van der Waals surface area (Å²) in [5, 5.41) is 16.9. The van der Waals surface area contributed by atoms with E-state index < -0.39 is 4.92 Å². The number of hydrogen-bond donors (Lipinski definition) is 2. The van der Waals surface area contributed by atoms with Gasteiger partial charge in [0.15, 0.2) is 0 Å². The molecule has 3 rings (SSSR count).